The first-order valence-electron chi connectivity index (χ1n) is 6.87. The minimum Gasteiger partial charge on any atom is -0.347 e. The van der Waals surface area contributed by atoms with E-state index in [1.54, 1.807) is 0 Å². The van der Waals surface area contributed by atoms with E-state index in [9.17, 15) is 4.79 Å². The van der Waals surface area contributed by atoms with Gasteiger partial charge in [0.2, 0.25) is 0 Å². The van der Waals surface area contributed by atoms with Gasteiger partial charge in [0.25, 0.3) is 5.91 Å². The standard InChI is InChI=1S/C14H23N3O/c1-3-9-17(12-6-4-8-15-11-12)14(18)13-7-5-10-16(13)2/h5,7,10,12,15H,3-4,6,8-9,11H2,1-2H3. The molecule has 18 heavy (non-hydrogen) atoms. The van der Waals surface area contributed by atoms with Crippen molar-refractivity contribution in [1.29, 1.82) is 0 Å². The molecule has 1 unspecified atom stereocenters. The summed E-state index contributed by atoms with van der Waals surface area (Å²) in [6.45, 7) is 4.98. The van der Waals surface area contributed by atoms with Gasteiger partial charge in [-0.05, 0) is 37.9 Å². The SMILES string of the molecule is CCCN(C(=O)c1cccn1C)C1CCCNC1. The quantitative estimate of drug-likeness (QED) is 0.880. The van der Waals surface area contributed by atoms with Crippen molar-refractivity contribution in [2.75, 3.05) is 19.6 Å². The molecule has 1 aromatic rings. The number of piperidine rings is 1. The number of amides is 1. The molecular formula is C14H23N3O. The maximum Gasteiger partial charge on any atom is 0.270 e. The number of nitrogens with zero attached hydrogens (tertiary/aromatic N) is 2. The van der Waals surface area contributed by atoms with Gasteiger partial charge in [-0.2, -0.15) is 0 Å². The number of aryl methyl sites for hydroxylation is 1. The number of hydrogen-bond donors (Lipinski definition) is 1. The zero-order valence-corrected chi connectivity index (χ0v) is 11.4. The Morgan fingerprint density at radius 1 is 1.61 bits per heavy atom. The Labute approximate surface area is 109 Å². The topological polar surface area (TPSA) is 37.3 Å². The van der Waals surface area contributed by atoms with E-state index in [0.717, 1.165) is 44.6 Å². The summed E-state index contributed by atoms with van der Waals surface area (Å²) in [4.78, 5) is 14.6. The Morgan fingerprint density at radius 2 is 2.44 bits per heavy atom. The highest BCUT2D eigenvalue weighted by atomic mass is 16.2. The minimum absolute atomic E-state index is 0.165. The fourth-order valence-corrected chi connectivity index (χ4v) is 2.62. The lowest BCUT2D eigenvalue weighted by Gasteiger charge is -2.34. The van der Waals surface area contributed by atoms with Crippen molar-refractivity contribution in [3.63, 3.8) is 0 Å². The Morgan fingerprint density at radius 3 is 3.00 bits per heavy atom. The molecule has 0 aromatic carbocycles. The van der Waals surface area contributed by atoms with Crippen LogP contribution in [0.15, 0.2) is 18.3 Å². The molecule has 0 radical (unpaired) electrons. The average Bonchev–Trinajstić information content (AvgIpc) is 2.82. The van der Waals surface area contributed by atoms with Crippen LogP contribution >= 0.6 is 0 Å². The van der Waals surface area contributed by atoms with Crippen molar-refractivity contribution < 1.29 is 4.79 Å². The van der Waals surface area contributed by atoms with Crippen LogP contribution in [-0.4, -0.2) is 41.1 Å². The van der Waals surface area contributed by atoms with Gasteiger partial charge >= 0.3 is 0 Å². The van der Waals surface area contributed by atoms with E-state index in [1.165, 1.54) is 0 Å². The fourth-order valence-electron chi connectivity index (χ4n) is 2.62. The molecule has 0 bridgehead atoms. The molecule has 1 aromatic heterocycles. The smallest absolute Gasteiger partial charge is 0.270 e. The van der Waals surface area contributed by atoms with E-state index in [0.29, 0.717) is 6.04 Å². The Bertz CT molecular complexity index is 393. The van der Waals surface area contributed by atoms with Crippen molar-refractivity contribution in [2.45, 2.75) is 32.2 Å². The summed E-state index contributed by atoms with van der Waals surface area (Å²) in [7, 11) is 1.93. The molecule has 1 aliphatic heterocycles. The van der Waals surface area contributed by atoms with Crippen LogP contribution in [-0.2, 0) is 7.05 Å². The summed E-state index contributed by atoms with van der Waals surface area (Å²) in [5.41, 5.74) is 0.786. The number of carbonyl (C=O) groups is 1. The monoisotopic (exact) mass is 249 g/mol. The first-order chi connectivity index (χ1) is 8.74. The van der Waals surface area contributed by atoms with Gasteiger partial charge in [0, 0.05) is 32.4 Å². The predicted octanol–water partition coefficient (Wildman–Crippen LogP) is 1.63. The third-order valence-electron chi connectivity index (χ3n) is 3.60. The molecule has 1 saturated heterocycles. The predicted molar refractivity (Wildman–Crippen MR) is 72.6 cm³/mol. The van der Waals surface area contributed by atoms with Crippen LogP contribution in [0, 0.1) is 0 Å². The van der Waals surface area contributed by atoms with Crippen LogP contribution in [0.2, 0.25) is 0 Å². The first-order valence-corrected chi connectivity index (χ1v) is 6.87. The minimum atomic E-state index is 0.165. The van der Waals surface area contributed by atoms with Gasteiger partial charge in [0.1, 0.15) is 5.69 Å². The lowest BCUT2D eigenvalue weighted by Crippen LogP contribution is -2.49. The van der Waals surface area contributed by atoms with Crippen molar-refractivity contribution in [3.8, 4) is 0 Å². The lowest BCUT2D eigenvalue weighted by atomic mass is 10.1. The van der Waals surface area contributed by atoms with Crippen LogP contribution in [0.25, 0.3) is 0 Å². The van der Waals surface area contributed by atoms with Gasteiger partial charge in [-0.15, -0.1) is 0 Å². The normalized spacial score (nSPS) is 19.8. The first kappa shape index (κ1) is 13.1. The summed E-state index contributed by atoms with van der Waals surface area (Å²) in [6.07, 6.45) is 5.21. The van der Waals surface area contributed by atoms with Gasteiger partial charge in [-0.1, -0.05) is 6.92 Å². The van der Waals surface area contributed by atoms with E-state index >= 15 is 0 Å². The Balaban J connectivity index is 2.13. The molecule has 1 amide bonds. The van der Waals surface area contributed by atoms with Crippen LogP contribution in [0.4, 0.5) is 0 Å². The largest absolute Gasteiger partial charge is 0.347 e. The zero-order chi connectivity index (χ0) is 13.0. The zero-order valence-electron chi connectivity index (χ0n) is 11.4. The Hall–Kier alpha value is -1.29. The van der Waals surface area contributed by atoms with Gasteiger partial charge in [-0.25, -0.2) is 0 Å². The summed E-state index contributed by atoms with van der Waals surface area (Å²) in [6, 6.07) is 4.18. The van der Waals surface area contributed by atoms with E-state index < -0.39 is 0 Å². The molecule has 100 valence electrons. The lowest BCUT2D eigenvalue weighted by molar-refractivity contribution is 0.0639. The molecule has 0 spiro atoms. The fraction of sp³-hybridized carbons (Fsp3) is 0.643. The third kappa shape index (κ3) is 2.75. The van der Waals surface area contributed by atoms with Crippen LogP contribution in [0.5, 0.6) is 0 Å². The van der Waals surface area contributed by atoms with E-state index in [2.05, 4.69) is 12.2 Å². The number of hydrogen-bond acceptors (Lipinski definition) is 2. The van der Waals surface area contributed by atoms with Crippen molar-refractivity contribution in [3.05, 3.63) is 24.0 Å². The van der Waals surface area contributed by atoms with Gasteiger partial charge < -0.3 is 14.8 Å². The Kier molecular flexibility index (Phi) is 4.42. The highest BCUT2D eigenvalue weighted by Crippen LogP contribution is 2.15. The molecule has 2 heterocycles. The van der Waals surface area contributed by atoms with E-state index in [1.807, 2.05) is 34.8 Å². The number of aromatic nitrogens is 1. The average molecular weight is 249 g/mol. The number of nitrogens with one attached hydrogen (secondary N) is 1. The molecule has 1 fully saturated rings. The number of carbonyl (C=O) groups excluding carboxylic acids is 1. The molecule has 1 aliphatic rings. The molecule has 0 saturated carbocycles. The third-order valence-corrected chi connectivity index (χ3v) is 3.60. The van der Waals surface area contributed by atoms with Crippen molar-refractivity contribution in [2.24, 2.45) is 7.05 Å². The molecular weight excluding hydrogens is 226 g/mol. The molecule has 4 heteroatoms. The van der Waals surface area contributed by atoms with E-state index in [4.69, 9.17) is 0 Å². The van der Waals surface area contributed by atoms with Crippen LogP contribution in [0.3, 0.4) is 0 Å². The van der Waals surface area contributed by atoms with Gasteiger partial charge in [-0.3, -0.25) is 4.79 Å². The summed E-state index contributed by atoms with van der Waals surface area (Å²) < 4.78 is 1.90. The second-order valence-electron chi connectivity index (χ2n) is 5.00. The van der Waals surface area contributed by atoms with Crippen molar-refractivity contribution >= 4 is 5.91 Å². The summed E-state index contributed by atoms with van der Waals surface area (Å²) in [5, 5.41) is 3.39. The molecule has 1 atom stereocenters. The maximum atomic E-state index is 12.6. The molecule has 2 rings (SSSR count). The highest BCUT2D eigenvalue weighted by molar-refractivity contribution is 5.93. The molecule has 4 nitrogen and oxygen atoms in total. The summed E-state index contributed by atoms with van der Waals surface area (Å²) >= 11 is 0. The number of rotatable bonds is 4. The van der Waals surface area contributed by atoms with Crippen LogP contribution in [0.1, 0.15) is 36.7 Å². The summed E-state index contributed by atoms with van der Waals surface area (Å²) in [5.74, 6) is 0.165. The highest BCUT2D eigenvalue weighted by Gasteiger charge is 2.26. The van der Waals surface area contributed by atoms with E-state index in [-0.39, 0.29) is 5.91 Å². The molecule has 0 aliphatic carbocycles. The van der Waals surface area contributed by atoms with Gasteiger partial charge in [0.15, 0.2) is 0 Å². The molecule has 1 N–H and O–H groups in total. The van der Waals surface area contributed by atoms with Gasteiger partial charge in [0.05, 0.1) is 0 Å². The second-order valence-corrected chi connectivity index (χ2v) is 5.00. The second kappa shape index (κ2) is 6.05. The van der Waals surface area contributed by atoms with Crippen molar-refractivity contribution in [1.82, 2.24) is 14.8 Å². The van der Waals surface area contributed by atoms with Crippen LogP contribution < -0.4 is 5.32 Å². The maximum absolute atomic E-state index is 12.6.